The summed E-state index contributed by atoms with van der Waals surface area (Å²) in [6.07, 6.45) is 4.34. The molecule has 0 saturated heterocycles. The van der Waals surface area contributed by atoms with Crippen LogP contribution in [0.2, 0.25) is 0 Å². The molecule has 2 nitrogen and oxygen atoms in total. The Morgan fingerprint density at radius 3 is 2.50 bits per heavy atom. The highest BCUT2D eigenvalue weighted by Crippen LogP contribution is 2.28. The lowest BCUT2D eigenvalue weighted by molar-refractivity contribution is 0.179. The van der Waals surface area contributed by atoms with E-state index < -0.39 is 0 Å². The minimum absolute atomic E-state index is 0.198. The molecule has 20 heavy (non-hydrogen) atoms. The molecule has 1 fully saturated rings. The van der Waals surface area contributed by atoms with Gasteiger partial charge >= 0.3 is 0 Å². The van der Waals surface area contributed by atoms with Crippen LogP contribution >= 0.6 is 11.3 Å². The number of thiophene rings is 1. The molecule has 1 N–H and O–H groups in total. The van der Waals surface area contributed by atoms with Gasteiger partial charge in [0.25, 0.3) is 0 Å². The molecule has 1 aromatic heterocycles. The highest BCUT2D eigenvalue weighted by Gasteiger charge is 2.20. The third-order valence-corrected chi connectivity index (χ3v) is 5.15. The molecule has 1 saturated carbocycles. The van der Waals surface area contributed by atoms with Crippen molar-refractivity contribution in [3.63, 3.8) is 0 Å². The second kappa shape index (κ2) is 7.06. The number of nitrogens with zero attached hydrogens (tertiary/aromatic N) is 1. The molecule has 0 bridgehead atoms. The van der Waals surface area contributed by atoms with Gasteiger partial charge in [-0.2, -0.15) is 0 Å². The van der Waals surface area contributed by atoms with Crippen LogP contribution in [-0.4, -0.2) is 23.5 Å². The third-order valence-electron chi connectivity index (χ3n) is 4.08. The second-order valence-electron chi connectivity index (χ2n) is 7.10. The van der Waals surface area contributed by atoms with Gasteiger partial charge in [0.05, 0.1) is 0 Å². The Morgan fingerprint density at radius 2 is 1.95 bits per heavy atom. The van der Waals surface area contributed by atoms with Crippen molar-refractivity contribution < 1.29 is 0 Å². The molecule has 1 aliphatic rings. The molecule has 0 aliphatic heterocycles. The van der Waals surface area contributed by atoms with E-state index in [9.17, 15) is 0 Å². The van der Waals surface area contributed by atoms with E-state index in [1.54, 1.807) is 0 Å². The summed E-state index contributed by atoms with van der Waals surface area (Å²) in [7, 11) is 0. The zero-order valence-electron chi connectivity index (χ0n) is 13.5. The minimum Gasteiger partial charge on any atom is -0.307 e. The Bertz CT molecular complexity index is 401. The summed E-state index contributed by atoms with van der Waals surface area (Å²) >= 11 is 1.97. The van der Waals surface area contributed by atoms with Gasteiger partial charge in [-0.15, -0.1) is 11.3 Å². The van der Waals surface area contributed by atoms with Crippen molar-refractivity contribution in [2.24, 2.45) is 5.92 Å². The fourth-order valence-corrected chi connectivity index (χ4v) is 3.52. The van der Waals surface area contributed by atoms with Crippen LogP contribution in [0.5, 0.6) is 0 Å². The number of hydrogen-bond acceptors (Lipinski definition) is 3. The summed E-state index contributed by atoms with van der Waals surface area (Å²) in [5.41, 5.74) is 0.198. The zero-order valence-corrected chi connectivity index (χ0v) is 14.4. The Morgan fingerprint density at radius 1 is 1.25 bits per heavy atom. The van der Waals surface area contributed by atoms with Gasteiger partial charge in [-0.25, -0.2) is 0 Å². The monoisotopic (exact) mass is 294 g/mol. The maximum atomic E-state index is 3.57. The molecular formula is C17H30N2S. The van der Waals surface area contributed by atoms with E-state index >= 15 is 0 Å². The van der Waals surface area contributed by atoms with Crippen LogP contribution < -0.4 is 5.32 Å². The van der Waals surface area contributed by atoms with Gasteiger partial charge in [-0.3, -0.25) is 4.90 Å². The lowest BCUT2D eigenvalue weighted by atomic mass is 9.85. The Labute approximate surface area is 128 Å². The summed E-state index contributed by atoms with van der Waals surface area (Å²) < 4.78 is 0. The molecule has 0 aromatic carbocycles. The Balaban J connectivity index is 1.81. The summed E-state index contributed by atoms with van der Waals surface area (Å²) in [6.45, 7) is 13.5. The Kier molecular flexibility index (Phi) is 5.65. The first kappa shape index (κ1) is 16.0. The first-order valence-electron chi connectivity index (χ1n) is 8.01. The molecule has 1 heterocycles. The van der Waals surface area contributed by atoms with Crippen LogP contribution in [-0.2, 0) is 13.1 Å². The fraction of sp³-hybridized carbons (Fsp3) is 0.765. The molecule has 0 radical (unpaired) electrons. The highest BCUT2D eigenvalue weighted by molar-refractivity contribution is 7.11. The van der Waals surface area contributed by atoms with E-state index in [2.05, 4.69) is 50.0 Å². The van der Waals surface area contributed by atoms with Crippen LogP contribution in [0.15, 0.2) is 12.1 Å². The average molecular weight is 295 g/mol. The molecule has 114 valence electrons. The molecule has 0 unspecified atom stereocenters. The van der Waals surface area contributed by atoms with Crippen LogP contribution in [0.4, 0.5) is 0 Å². The van der Waals surface area contributed by atoms with Gasteiger partial charge < -0.3 is 5.32 Å². The van der Waals surface area contributed by atoms with Gasteiger partial charge in [-0.05, 0) is 58.2 Å². The summed E-state index contributed by atoms with van der Waals surface area (Å²) in [4.78, 5) is 5.57. The normalized spacial score (nSPS) is 16.6. The molecular weight excluding hydrogens is 264 g/mol. The van der Waals surface area contributed by atoms with Gasteiger partial charge in [0.15, 0.2) is 0 Å². The van der Waals surface area contributed by atoms with Crippen molar-refractivity contribution >= 4 is 11.3 Å². The third kappa shape index (κ3) is 5.19. The fourth-order valence-electron chi connectivity index (χ4n) is 2.52. The van der Waals surface area contributed by atoms with Crippen LogP contribution in [0.25, 0.3) is 0 Å². The molecule has 2 rings (SSSR count). The van der Waals surface area contributed by atoms with Crippen molar-refractivity contribution in [1.29, 1.82) is 0 Å². The van der Waals surface area contributed by atoms with Crippen LogP contribution in [0, 0.1) is 5.92 Å². The molecule has 1 aromatic rings. The van der Waals surface area contributed by atoms with Crippen molar-refractivity contribution in [3.05, 3.63) is 21.9 Å². The minimum atomic E-state index is 0.198. The topological polar surface area (TPSA) is 15.3 Å². The van der Waals surface area contributed by atoms with E-state index in [1.807, 2.05) is 11.3 Å². The van der Waals surface area contributed by atoms with E-state index in [-0.39, 0.29) is 5.54 Å². The zero-order chi connectivity index (χ0) is 14.6. The first-order chi connectivity index (χ1) is 9.46. The Hall–Kier alpha value is -0.380. The van der Waals surface area contributed by atoms with Crippen LogP contribution in [0.3, 0.4) is 0 Å². The second-order valence-corrected chi connectivity index (χ2v) is 8.35. The smallest absolute Gasteiger partial charge is 0.0328 e. The molecule has 0 amide bonds. The highest BCUT2D eigenvalue weighted by atomic mass is 32.1. The lowest BCUT2D eigenvalue weighted by Crippen LogP contribution is -2.34. The maximum Gasteiger partial charge on any atom is 0.0328 e. The quantitative estimate of drug-likeness (QED) is 0.808. The van der Waals surface area contributed by atoms with E-state index in [0.29, 0.717) is 0 Å². The lowest BCUT2D eigenvalue weighted by Gasteiger charge is -2.31. The standard InChI is InChI=1S/C17H30N2S/c1-5-19(12-14-7-6-8-14)13-16-10-9-15(20-16)11-18-17(2,3)4/h9-10,14,18H,5-8,11-13H2,1-4H3. The largest absolute Gasteiger partial charge is 0.307 e. The average Bonchev–Trinajstić information content (AvgIpc) is 2.76. The number of nitrogens with one attached hydrogen (secondary N) is 1. The van der Waals surface area contributed by atoms with Gasteiger partial charge in [-0.1, -0.05) is 13.3 Å². The van der Waals surface area contributed by atoms with Gasteiger partial charge in [0, 0.05) is 34.9 Å². The maximum absolute atomic E-state index is 3.57. The van der Waals surface area contributed by atoms with E-state index in [1.165, 1.54) is 42.1 Å². The summed E-state index contributed by atoms with van der Waals surface area (Å²) in [5.74, 6) is 0.969. The SMILES string of the molecule is CCN(Cc1ccc(CNC(C)(C)C)s1)CC1CCC1. The van der Waals surface area contributed by atoms with Gasteiger partial charge in [0.2, 0.25) is 0 Å². The van der Waals surface area contributed by atoms with Gasteiger partial charge in [0.1, 0.15) is 0 Å². The van der Waals surface area contributed by atoms with E-state index in [4.69, 9.17) is 0 Å². The van der Waals surface area contributed by atoms with Crippen molar-refractivity contribution in [3.8, 4) is 0 Å². The number of hydrogen-bond donors (Lipinski definition) is 1. The summed E-state index contributed by atoms with van der Waals surface area (Å²) in [5, 5.41) is 3.57. The van der Waals surface area contributed by atoms with Crippen LogP contribution in [0.1, 0.15) is 56.7 Å². The van der Waals surface area contributed by atoms with E-state index in [0.717, 1.165) is 19.0 Å². The first-order valence-corrected chi connectivity index (χ1v) is 8.83. The predicted octanol–water partition coefficient (Wildman–Crippen LogP) is 4.26. The van der Waals surface area contributed by atoms with Crippen molar-refractivity contribution in [1.82, 2.24) is 10.2 Å². The predicted molar refractivity (Wildman–Crippen MR) is 89.2 cm³/mol. The van der Waals surface area contributed by atoms with Crippen molar-refractivity contribution in [2.45, 2.75) is 65.6 Å². The molecule has 0 atom stereocenters. The molecule has 1 aliphatic carbocycles. The number of rotatable bonds is 7. The van der Waals surface area contributed by atoms with Crippen molar-refractivity contribution in [2.75, 3.05) is 13.1 Å². The summed E-state index contributed by atoms with van der Waals surface area (Å²) in [6, 6.07) is 4.60. The molecule has 0 spiro atoms. The molecule has 3 heteroatoms.